The van der Waals surface area contributed by atoms with Gasteiger partial charge in [-0.15, -0.1) is 0 Å². The first-order valence-corrected chi connectivity index (χ1v) is 6.47. The maximum atomic E-state index is 12.7. The molecule has 0 fully saturated rings. The maximum absolute atomic E-state index is 12.7. The van der Waals surface area contributed by atoms with Gasteiger partial charge in [-0.2, -0.15) is 0 Å². The first kappa shape index (κ1) is 12.5. The number of hydrogen-bond donors (Lipinski definition) is 1. The van der Waals surface area contributed by atoms with E-state index in [1.165, 1.54) is 0 Å². The van der Waals surface area contributed by atoms with Gasteiger partial charge in [0.15, 0.2) is 5.60 Å². The van der Waals surface area contributed by atoms with Crippen molar-refractivity contribution in [2.45, 2.75) is 19.4 Å². The second-order valence-electron chi connectivity index (χ2n) is 5.32. The minimum absolute atomic E-state index is 0.0963. The van der Waals surface area contributed by atoms with E-state index < -0.39 is 5.60 Å². The SMILES string of the molecule is CC1(C)Oc2cc(N)ccc2N(c2ccccc2)C1=O. The Labute approximate surface area is 117 Å². The molecule has 0 bridgehead atoms. The van der Waals surface area contributed by atoms with E-state index in [9.17, 15) is 4.79 Å². The summed E-state index contributed by atoms with van der Waals surface area (Å²) in [5, 5.41) is 0. The standard InChI is InChI=1S/C16H16N2O2/c1-16(2)15(19)18(12-6-4-3-5-7-12)13-9-8-11(17)10-14(13)20-16/h3-10H,17H2,1-2H3. The molecule has 102 valence electrons. The second kappa shape index (κ2) is 4.27. The van der Waals surface area contributed by atoms with Crippen LogP contribution in [0, 0.1) is 0 Å². The summed E-state index contributed by atoms with van der Waals surface area (Å²) < 4.78 is 5.79. The van der Waals surface area contributed by atoms with Crippen molar-refractivity contribution < 1.29 is 9.53 Å². The quantitative estimate of drug-likeness (QED) is 0.808. The molecule has 0 saturated carbocycles. The highest BCUT2D eigenvalue weighted by Crippen LogP contribution is 2.42. The van der Waals surface area contributed by atoms with Crippen molar-refractivity contribution in [2.75, 3.05) is 10.6 Å². The van der Waals surface area contributed by atoms with Gasteiger partial charge in [-0.1, -0.05) is 18.2 Å². The Kier molecular flexibility index (Phi) is 2.67. The molecule has 0 unspecified atom stereocenters. The van der Waals surface area contributed by atoms with E-state index in [1.807, 2.05) is 36.4 Å². The number of hydrogen-bond acceptors (Lipinski definition) is 3. The van der Waals surface area contributed by atoms with Gasteiger partial charge < -0.3 is 10.5 Å². The van der Waals surface area contributed by atoms with Gasteiger partial charge in [-0.3, -0.25) is 9.69 Å². The van der Waals surface area contributed by atoms with E-state index in [2.05, 4.69) is 0 Å². The number of fused-ring (bicyclic) bond motifs is 1. The molecule has 2 aromatic carbocycles. The minimum Gasteiger partial charge on any atom is -0.476 e. The number of nitrogens with two attached hydrogens (primary N) is 1. The molecule has 0 atom stereocenters. The number of amides is 1. The zero-order valence-corrected chi connectivity index (χ0v) is 11.5. The van der Waals surface area contributed by atoms with E-state index in [0.29, 0.717) is 11.4 Å². The zero-order chi connectivity index (χ0) is 14.3. The molecule has 4 heteroatoms. The zero-order valence-electron chi connectivity index (χ0n) is 11.5. The number of anilines is 3. The number of carbonyl (C=O) groups excluding carboxylic acids is 1. The predicted octanol–water partition coefficient (Wildman–Crippen LogP) is 3.10. The lowest BCUT2D eigenvalue weighted by Crippen LogP contribution is -2.50. The van der Waals surface area contributed by atoms with Gasteiger partial charge in [0, 0.05) is 17.4 Å². The third-order valence-corrected chi connectivity index (χ3v) is 3.32. The molecule has 0 aliphatic carbocycles. The predicted molar refractivity (Wildman–Crippen MR) is 79.1 cm³/mol. The lowest BCUT2D eigenvalue weighted by Gasteiger charge is -2.38. The van der Waals surface area contributed by atoms with Crippen LogP contribution in [0.15, 0.2) is 48.5 Å². The number of nitrogen functional groups attached to an aromatic ring is 1. The molecule has 0 spiro atoms. The summed E-state index contributed by atoms with van der Waals surface area (Å²) >= 11 is 0. The average Bonchev–Trinajstić information content (AvgIpc) is 2.41. The van der Waals surface area contributed by atoms with Crippen LogP contribution in [0.3, 0.4) is 0 Å². The fourth-order valence-electron chi connectivity index (χ4n) is 2.33. The molecule has 1 amide bonds. The molecule has 3 rings (SSSR count). The van der Waals surface area contributed by atoms with Crippen LogP contribution in [0.4, 0.5) is 17.1 Å². The van der Waals surface area contributed by atoms with E-state index in [1.54, 1.807) is 30.9 Å². The fourth-order valence-corrected chi connectivity index (χ4v) is 2.33. The molecule has 2 aromatic rings. The van der Waals surface area contributed by atoms with Gasteiger partial charge in [0.1, 0.15) is 5.75 Å². The van der Waals surface area contributed by atoms with Crippen molar-refractivity contribution in [2.24, 2.45) is 0 Å². The van der Waals surface area contributed by atoms with Crippen molar-refractivity contribution in [3.63, 3.8) is 0 Å². The third-order valence-electron chi connectivity index (χ3n) is 3.32. The van der Waals surface area contributed by atoms with Crippen LogP contribution in [0.25, 0.3) is 0 Å². The van der Waals surface area contributed by atoms with Crippen LogP contribution < -0.4 is 15.4 Å². The highest BCUT2D eigenvalue weighted by Gasteiger charge is 2.41. The van der Waals surface area contributed by atoms with Crippen molar-refractivity contribution in [1.82, 2.24) is 0 Å². The first-order valence-electron chi connectivity index (χ1n) is 6.47. The van der Waals surface area contributed by atoms with Crippen LogP contribution in [-0.4, -0.2) is 11.5 Å². The highest BCUT2D eigenvalue weighted by molar-refractivity contribution is 6.08. The van der Waals surface area contributed by atoms with Crippen LogP contribution in [-0.2, 0) is 4.79 Å². The molecule has 1 heterocycles. The maximum Gasteiger partial charge on any atom is 0.275 e. The topological polar surface area (TPSA) is 55.6 Å². The third kappa shape index (κ3) is 1.90. The molecule has 1 aliphatic heterocycles. The molecule has 2 N–H and O–H groups in total. The summed E-state index contributed by atoms with van der Waals surface area (Å²) in [5.74, 6) is 0.527. The Morgan fingerprint density at radius 3 is 2.50 bits per heavy atom. The molecule has 0 aromatic heterocycles. The first-order chi connectivity index (χ1) is 9.49. The van der Waals surface area contributed by atoms with Gasteiger partial charge in [-0.05, 0) is 38.1 Å². The van der Waals surface area contributed by atoms with Crippen molar-refractivity contribution >= 4 is 23.0 Å². The highest BCUT2D eigenvalue weighted by atomic mass is 16.5. The fraction of sp³-hybridized carbons (Fsp3) is 0.188. The number of para-hydroxylation sites is 1. The van der Waals surface area contributed by atoms with Gasteiger partial charge in [0.25, 0.3) is 5.91 Å². The van der Waals surface area contributed by atoms with Crippen LogP contribution in [0.5, 0.6) is 5.75 Å². The van der Waals surface area contributed by atoms with Crippen molar-refractivity contribution in [1.29, 1.82) is 0 Å². The second-order valence-corrected chi connectivity index (χ2v) is 5.32. The average molecular weight is 268 g/mol. The van der Waals surface area contributed by atoms with Crippen molar-refractivity contribution in [3.05, 3.63) is 48.5 Å². The number of ether oxygens (including phenoxy) is 1. The summed E-state index contributed by atoms with van der Waals surface area (Å²) in [6, 6.07) is 14.9. The summed E-state index contributed by atoms with van der Waals surface area (Å²) in [7, 11) is 0. The van der Waals surface area contributed by atoms with E-state index in [-0.39, 0.29) is 5.91 Å². The minimum atomic E-state index is -0.920. The van der Waals surface area contributed by atoms with E-state index in [0.717, 1.165) is 11.4 Å². The normalized spacial score (nSPS) is 16.5. The lowest BCUT2D eigenvalue weighted by atomic mass is 10.0. The van der Waals surface area contributed by atoms with Crippen molar-refractivity contribution in [3.8, 4) is 5.75 Å². The molecule has 1 aliphatic rings. The van der Waals surface area contributed by atoms with Gasteiger partial charge in [0.05, 0.1) is 5.69 Å². The lowest BCUT2D eigenvalue weighted by molar-refractivity contribution is -0.131. The Morgan fingerprint density at radius 2 is 1.80 bits per heavy atom. The Bertz CT molecular complexity index is 665. The Morgan fingerprint density at radius 1 is 1.10 bits per heavy atom. The summed E-state index contributed by atoms with van der Waals surface area (Å²) in [5.41, 5.74) is 7.04. The summed E-state index contributed by atoms with van der Waals surface area (Å²) in [6.07, 6.45) is 0. The number of nitrogens with zero attached hydrogens (tertiary/aromatic N) is 1. The Balaban J connectivity index is 2.20. The molecular formula is C16H16N2O2. The largest absolute Gasteiger partial charge is 0.476 e. The monoisotopic (exact) mass is 268 g/mol. The number of rotatable bonds is 1. The molecular weight excluding hydrogens is 252 g/mol. The van der Waals surface area contributed by atoms with Crippen LogP contribution >= 0.6 is 0 Å². The number of benzene rings is 2. The molecule has 0 saturated heterocycles. The van der Waals surface area contributed by atoms with Gasteiger partial charge in [0.2, 0.25) is 0 Å². The molecule has 20 heavy (non-hydrogen) atoms. The van der Waals surface area contributed by atoms with Crippen LogP contribution in [0.1, 0.15) is 13.8 Å². The summed E-state index contributed by atoms with van der Waals surface area (Å²) in [4.78, 5) is 14.3. The van der Waals surface area contributed by atoms with Crippen LogP contribution in [0.2, 0.25) is 0 Å². The Hall–Kier alpha value is -2.49. The van der Waals surface area contributed by atoms with Gasteiger partial charge in [-0.25, -0.2) is 0 Å². The van der Waals surface area contributed by atoms with Gasteiger partial charge >= 0.3 is 0 Å². The van der Waals surface area contributed by atoms with E-state index >= 15 is 0 Å². The van der Waals surface area contributed by atoms with E-state index in [4.69, 9.17) is 10.5 Å². The summed E-state index contributed by atoms with van der Waals surface area (Å²) in [6.45, 7) is 3.52. The number of carbonyl (C=O) groups is 1. The molecule has 0 radical (unpaired) electrons. The molecule has 4 nitrogen and oxygen atoms in total. The smallest absolute Gasteiger partial charge is 0.275 e.